The molecule has 21 heavy (non-hydrogen) atoms. The van der Waals surface area contributed by atoms with Crippen molar-refractivity contribution >= 4 is 34.8 Å². The van der Waals surface area contributed by atoms with Crippen LogP contribution < -0.4 is 0 Å². The summed E-state index contributed by atoms with van der Waals surface area (Å²) in [6.07, 6.45) is 2.96. The van der Waals surface area contributed by atoms with Crippen molar-refractivity contribution in [2.45, 2.75) is 6.42 Å². The molecule has 0 aromatic carbocycles. The van der Waals surface area contributed by atoms with Gasteiger partial charge in [0.15, 0.2) is 0 Å². The number of halogens is 2. The van der Waals surface area contributed by atoms with Gasteiger partial charge in [-0.2, -0.15) is 0 Å². The highest BCUT2D eigenvalue weighted by molar-refractivity contribution is 6.30. The van der Waals surface area contributed by atoms with Crippen LogP contribution in [0.5, 0.6) is 0 Å². The first-order valence-corrected chi connectivity index (χ1v) is 6.80. The molecule has 3 aromatic rings. The number of aliphatic carboxylic acids is 1. The number of hydrogen-bond acceptors (Lipinski definition) is 3. The minimum Gasteiger partial charge on any atom is -0.481 e. The molecule has 0 aliphatic rings. The number of hydrogen-bond donors (Lipinski definition) is 1. The molecule has 0 saturated heterocycles. The average Bonchev–Trinajstić information content (AvgIpc) is 2.77. The highest BCUT2D eigenvalue weighted by Gasteiger charge is 2.17. The summed E-state index contributed by atoms with van der Waals surface area (Å²) in [5, 5.41) is 10.1. The van der Waals surface area contributed by atoms with Gasteiger partial charge in [0.2, 0.25) is 0 Å². The lowest BCUT2D eigenvalue weighted by molar-refractivity contribution is -0.136. The third kappa shape index (κ3) is 2.70. The number of carbonyl (C=O) groups is 1. The molecule has 3 rings (SSSR count). The maximum Gasteiger partial charge on any atom is 0.309 e. The van der Waals surface area contributed by atoms with E-state index in [2.05, 4.69) is 9.97 Å². The molecule has 0 aliphatic heterocycles. The second-order valence-electron chi connectivity index (χ2n) is 4.41. The van der Waals surface area contributed by atoms with Crippen LogP contribution in [0.25, 0.3) is 17.0 Å². The molecule has 3 aromatic heterocycles. The van der Waals surface area contributed by atoms with Crippen molar-refractivity contribution < 1.29 is 9.90 Å². The molecule has 106 valence electrons. The van der Waals surface area contributed by atoms with E-state index in [0.29, 0.717) is 32.8 Å². The topological polar surface area (TPSA) is 67.5 Å². The van der Waals surface area contributed by atoms with Crippen LogP contribution in [0.3, 0.4) is 0 Å². The van der Waals surface area contributed by atoms with Crippen molar-refractivity contribution in [3.8, 4) is 11.4 Å². The van der Waals surface area contributed by atoms with E-state index in [9.17, 15) is 4.79 Å². The van der Waals surface area contributed by atoms with E-state index < -0.39 is 5.97 Å². The third-order valence-corrected chi connectivity index (χ3v) is 3.42. The summed E-state index contributed by atoms with van der Waals surface area (Å²) < 4.78 is 1.67. The number of pyridine rings is 2. The minimum atomic E-state index is -0.952. The summed E-state index contributed by atoms with van der Waals surface area (Å²) >= 11 is 11.8. The van der Waals surface area contributed by atoms with E-state index >= 15 is 0 Å². The summed E-state index contributed by atoms with van der Waals surface area (Å²) in [6.45, 7) is 0. The quantitative estimate of drug-likeness (QED) is 0.803. The van der Waals surface area contributed by atoms with E-state index in [1.165, 1.54) is 6.20 Å². The molecule has 7 heteroatoms. The van der Waals surface area contributed by atoms with Gasteiger partial charge >= 0.3 is 5.97 Å². The smallest absolute Gasteiger partial charge is 0.309 e. The lowest BCUT2D eigenvalue weighted by Crippen LogP contribution is -2.05. The van der Waals surface area contributed by atoms with Gasteiger partial charge in [0.05, 0.1) is 27.9 Å². The first-order chi connectivity index (χ1) is 10.0. The summed E-state index contributed by atoms with van der Waals surface area (Å²) in [5.41, 5.74) is 2.21. The summed E-state index contributed by atoms with van der Waals surface area (Å²) in [7, 11) is 0. The van der Waals surface area contributed by atoms with Crippen molar-refractivity contribution in [2.75, 3.05) is 0 Å². The van der Waals surface area contributed by atoms with Gasteiger partial charge in [-0.15, -0.1) is 0 Å². The van der Waals surface area contributed by atoms with Crippen molar-refractivity contribution in [3.63, 3.8) is 0 Å². The van der Waals surface area contributed by atoms with Gasteiger partial charge in [-0.25, -0.2) is 4.98 Å². The Morgan fingerprint density at radius 3 is 2.62 bits per heavy atom. The monoisotopic (exact) mass is 321 g/mol. The molecular weight excluding hydrogens is 313 g/mol. The van der Waals surface area contributed by atoms with Crippen molar-refractivity contribution in [3.05, 3.63) is 52.4 Å². The number of carboxylic acids is 1. The zero-order valence-electron chi connectivity index (χ0n) is 10.6. The van der Waals surface area contributed by atoms with Gasteiger partial charge in [-0.1, -0.05) is 23.2 Å². The minimum absolute atomic E-state index is 0.179. The average molecular weight is 322 g/mol. The van der Waals surface area contributed by atoms with Crippen LogP contribution in [0.15, 0.2) is 36.7 Å². The number of fused-ring (bicyclic) bond motifs is 1. The normalized spacial score (nSPS) is 11.0. The van der Waals surface area contributed by atoms with Crippen LogP contribution in [0.4, 0.5) is 0 Å². The molecule has 0 fully saturated rings. The van der Waals surface area contributed by atoms with Gasteiger partial charge < -0.3 is 9.51 Å². The fraction of sp³-hybridized carbons (Fsp3) is 0.0714. The summed E-state index contributed by atoms with van der Waals surface area (Å²) in [4.78, 5) is 19.8. The molecule has 0 atom stereocenters. The molecule has 1 N–H and O–H groups in total. The lowest BCUT2D eigenvalue weighted by atomic mass is 10.2. The van der Waals surface area contributed by atoms with Crippen LogP contribution in [0, 0.1) is 0 Å². The SMILES string of the molecule is O=C(O)Cc1c(-c2ccc(Cl)cn2)nc2ccc(Cl)cn12. The summed E-state index contributed by atoms with van der Waals surface area (Å²) in [6, 6.07) is 6.82. The number of rotatable bonds is 3. The Labute approximate surface area is 129 Å². The first kappa shape index (κ1) is 13.9. The Kier molecular flexibility index (Phi) is 3.53. The van der Waals surface area contributed by atoms with Gasteiger partial charge in [0.1, 0.15) is 11.3 Å². The standard InChI is InChI=1S/C14H9Cl2N3O2/c15-8-1-3-10(17-6-8)14-11(5-13(20)21)19-7-9(16)2-4-12(19)18-14/h1-4,6-7H,5H2,(H,20,21). The largest absolute Gasteiger partial charge is 0.481 e. The van der Waals surface area contributed by atoms with Crippen LogP contribution in [-0.2, 0) is 11.2 Å². The van der Waals surface area contributed by atoms with Gasteiger partial charge in [0, 0.05) is 12.4 Å². The Balaban J connectivity index is 2.25. The molecule has 0 bridgehead atoms. The van der Waals surface area contributed by atoms with E-state index in [4.69, 9.17) is 28.3 Å². The lowest BCUT2D eigenvalue weighted by Gasteiger charge is -2.02. The van der Waals surface area contributed by atoms with Crippen LogP contribution >= 0.6 is 23.2 Å². The number of nitrogens with zero attached hydrogens (tertiary/aromatic N) is 3. The second kappa shape index (κ2) is 5.35. The Morgan fingerprint density at radius 1 is 1.19 bits per heavy atom. The number of aromatic nitrogens is 3. The van der Waals surface area contributed by atoms with E-state index in [0.717, 1.165) is 0 Å². The van der Waals surface area contributed by atoms with Crippen LogP contribution in [0.2, 0.25) is 10.0 Å². The van der Waals surface area contributed by atoms with Crippen LogP contribution in [0.1, 0.15) is 5.69 Å². The van der Waals surface area contributed by atoms with E-state index in [1.54, 1.807) is 34.9 Å². The Bertz CT molecular complexity index is 828. The molecule has 0 unspecified atom stereocenters. The summed E-state index contributed by atoms with van der Waals surface area (Å²) in [5.74, 6) is -0.952. The molecule has 0 radical (unpaired) electrons. The first-order valence-electron chi connectivity index (χ1n) is 6.05. The molecular formula is C14H9Cl2N3O2. The predicted molar refractivity (Wildman–Crippen MR) is 79.8 cm³/mol. The zero-order valence-corrected chi connectivity index (χ0v) is 12.1. The maximum absolute atomic E-state index is 11.1. The molecule has 3 heterocycles. The number of carboxylic acid groups (broad SMARTS) is 1. The number of imidazole rings is 1. The predicted octanol–water partition coefficient (Wildman–Crippen LogP) is 3.33. The molecule has 5 nitrogen and oxygen atoms in total. The van der Waals surface area contributed by atoms with E-state index in [1.807, 2.05) is 0 Å². The Morgan fingerprint density at radius 2 is 1.95 bits per heavy atom. The van der Waals surface area contributed by atoms with Crippen molar-refractivity contribution in [1.29, 1.82) is 0 Å². The van der Waals surface area contributed by atoms with Crippen LogP contribution in [-0.4, -0.2) is 25.4 Å². The maximum atomic E-state index is 11.1. The van der Waals surface area contributed by atoms with Gasteiger partial charge in [-0.05, 0) is 24.3 Å². The zero-order chi connectivity index (χ0) is 15.0. The van der Waals surface area contributed by atoms with Gasteiger partial charge in [0.25, 0.3) is 0 Å². The molecule has 0 spiro atoms. The highest BCUT2D eigenvalue weighted by Crippen LogP contribution is 2.25. The Hall–Kier alpha value is -2.11. The van der Waals surface area contributed by atoms with Crippen molar-refractivity contribution in [2.24, 2.45) is 0 Å². The fourth-order valence-electron chi connectivity index (χ4n) is 2.10. The third-order valence-electron chi connectivity index (χ3n) is 2.97. The molecule has 0 amide bonds. The fourth-order valence-corrected chi connectivity index (χ4v) is 2.37. The van der Waals surface area contributed by atoms with E-state index in [-0.39, 0.29) is 6.42 Å². The molecule has 0 saturated carbocycles. The van der Waals surface area contributed by atoms with Crippen molar-refractivity contribution in [1.82, 2.24) is 14.4 Å². The van der Waals surface area contributed by atoms with Gasteiger partial charge in [-0.3, -0.25) is 9.78 Å². The second-order valence-corrected chi connectivity index (χ2v) is 5.29. The molecule has 0 aliphatic carbocycles. The highest BCUT2D eigenvalue weighted by atomic mass is 35.5.